The molecule has 2 atom stereocenters. The number of piperidine rings is 1. The van der Waals surface area contributed by atoms with Crippen molar-refractivity contribution in [1.29, 1.82) is 0 Å². The maximum Gasteiger partial charge on any atom is 0.264 e. The van der Waals surface area contributed by atoms with E-state index < -0.39 is 6.04 Å². The summed E-state index contributed by atoms with van der Waals surface area (Å²) < 4.78 is 0. The normalized spacial score (nSPS) is 24.8. The minimum absolute atomic E-state index is 0.00934. The van der Waals surface area contributed by atoms with E-state index in [-0.39, 0.29) is 29.9 Å². The second kappa shape index (κ2) is 12.3. The minimum Gasteiger partial charge on any atom is -0.352 e. The first-order valence-electron chi connectivity index (χ1n) is 13.5. The fraction of sp³-hybridized carbons (Fsp3) is 0.586. The lowest BCUT2D eigenvalue weighted by atomic mass is 9.90. The smallest absolute Gasteiger partial charge is 0.264 e. The molecule has 2 heterocycles. The maximum atomic E-state index is 13.7. The molecule has 4 rings (SSSR count). The zero-order valence-electron chi connectivity index (χ0n) is 22.0. The Bertz CT molecular complexity index is 983. The largest absolute Gasteiger partial charge is 0.352 e. The number of hydrogen-bond acceptors (Lipinski definition) is 5. The molecule has 6 nitrogen and oxygen atoms in total. The molecule has 0 bridgehead atoms. The highest BCUT2D eigenvalue weighted by Crippen LogP contribution is 2.28. The Morgan fingerprint density at radius 3 is 2.47 bits per heavy atom. The summed E-state index contributed by atoms with van der Waals surface area (Å²) in [6.45, 7) is 9.02. The standard InChI is InChI=1S/C29H42N4O2S/c1-20(2)18-32(19-22-8-6-21(3)7-9-22)25-14-15-33(29(35)27-5-4-16-36-27)26(17-25)28(34)31-24-12-10-23(30)11-13-24/h4-9,16,20,23-26H,10-15,17-19,30H2,1-3H3,(H,31,34)/t23?,24?,25?,26-/m1/s1. The van der Waals surface area contributed by atoms with Gasteiger partial charge in [-0.3, -0.25) is 14.5 Å². The first-order valence-corrected chi connectivity index (χ1v) is 14.4. The summed E-state index contributed by atoms with van der Waals surface area (Å²) in [5.74, 6) is 0.480. The van der Waals surface area contributed by atoms with Gasteiger partial charge in [0.05, 0.1) is 4.88 Å². The number of nitrogens with zero attached hydrogens (tertiary/aromatic N) is 2. The highest BCUT2D eigenvalue weighted by molar-refractivity contribution is 7.12. The number of amides is 2. The number of nitrogens with two attached hydrogens (primary N) is 1. The van der Waals surface area contributed by atoms with Crippen molar-refractivity contribution in [3.8, 4) is 0 Å². The quantitative estimate of drug-likeness (QED) is 0.545. The Balaban J connectivity index is 1.52. The van der Waals surface area contributed by atoms with Gasteiger partial charge >= 0.3 is 0 Å². The second-order valence-corrected chi connectivity index (χ2v) is 12.0. The number of aryl methyl sites for hydroxylation is 1. The zero-order valence-corrected chi connectivity index (χ0v) is 22.8. The van der Waals surface area contributed by atoms with Crippen LogP contribution < -0.4 is 11.1 Å². The SMILES string of the molecule is Cc1ccc(CN(CC(C)C)C2CCN(C(=O)c3cccs3)[C@@H](C(=O)NC3CCC(N)CC3)C2)cc1. The van der Waals surface area contributed by atoms with Gasteiger partial charge in [-0.1, -0.05) is 49.7 Å². The molecule has 0 spiro atoms. The molecule has 2 aromatic rings. The molecule has 3 N–H and O–H groups in total. The minimum atomic E-state index is -0.457. The lowest BCUT2D eigenvalue weighted by molar-refractivity contribution is -0.128. The van der Waals surface area contributed by atoms with E-state index in [9.17, 15) is 9.59 Å². The van der Waals surface area contributed by atoms with Gasteiger partial charge in [0.2, 0.25) is 5.91 Å². The van der Waals surface area contributed by atoms with Gasteiger partial charge in [-0.2, -0.15) is 0 Å². The lowest BCUT2D eigenvalue weighted by Crippen LogP contribution is -2.58. The van der Waals surface area contributed by atoms with Crippen LogP contribution in [0.3, 0.4) is 0 Å². The van der Waals surface area contributed by atoms with Gasteiger partial charge in [0.25, 0.3) is 5.91 Å². The van der Waals surface area contributed by atoms with E-state index in [4.69, 9.17) is 5.73 Å². The molecule has 36 heavy (non-hydrogen) atoms. The molecule has 7 heteroatoms. The summed E-state index contributed by atoms with van der Waals surface area (Å²) >= 11 is 1.45. The van der Waals surface area contributed by atoms with Crippen LogP contribution in [0.15, 0.2) is 41.8 Å². The summed E-state index contributed by atoms with van der Waals surface area (Å²) in [4.78, 5) is 32.1. The predicted octanol–water partition coefficient (Wildman–Crippen LogP) is 4.57. The van der Waals surface area contributed by atoms with Crippen molar-refractivity contribution >= 4 is 23.2 Å². The van der Waals surface area contributed by atoms with E-state index in [0.717, 1.165) is 45.2 Å². The van der Waals surface area contributed by atoms with Crippen LogP contribution in [0.1, 0.15) is 73.2 Å². The summed E-state index contributed by atoms with van der Waals surface area (Å²) in [6, 6.07) is 12.7. The molecule has 196 valence electrons. The molecule has 1 aliphatic heterocycles. The summed E-state index contributed by atoms with van der Waals surface area (Å²) in [5.41, 5.74) is 8.63. The summed E-state index contributed by atoms with van der Waals surface area (Å²) in [5, 5.41) is 5.21. The van der Waals surface area contributed by atoms with Crippen molar-refractivity contribution in [2.75, 3.05) is 13.1 Å². The average Bonchev–Trinajstić information content (AvgIpc) is 3.40. The molecule has 2 fully saturated rings. The third-order valence-electron chi connectivity index (χ3n) is 7.61. The molecule has 1 saturated heterocycles. The van der Waals surface area contributed by atoms with Gasteiger partial charge in [-0.25, -0.2) is 0 Å². The number of likely N-dealkylation sites (tertiary alicyclic amines) is 1. The molecule has 1 aromatic heterocycles. The van der Waals surface area contributed by atoms with Crippen LogP contribution in [-0.2, 0) is 11.3 Å². The number of hydrogen-bond donors (Lipinski definition) is 2. The van der Waals surface area contributed by atoms with Gasteiger partial charge in [0.15, 0.2) is 0 Å². The highest BCUT2D eigenvalue weighted by atomic mass is 32.1. The number of thiophene rings is 1. The van der Waals surface area contributed by atoms with Crippen LogP contribution >= 0.6 is 11.3 Å². The fourth-order valence-corrected chi connectivity index (χ4v) is 6.29. The van der Waals surface area contributed by atoms with Crippen LogP contribution in [0.4, 0.5) is 0 Å². The molecular formula is C29H42N4O2S. The van der Waals surface area contributed by atoms with Crippen molar-refractivity contribution in [2.24, 2.45) is 11.7 Å². The Kier molecular flexibility index (Phi) is 9.20. The van der Waals surface area contributed by atoms with Crippen molar-refractivity contribution in [3.63, 3.8) is 0 Å². The lowest BCUT2D eigenvalue weighted by Gasteiger charge is -2.43. The summed E-state index contributed by atoms with van der Waals surface area (Å²) in [6.07, 6.45) is 5.23. The van der Waals surface area contributed by atoms with Crippen molar-refractivity contribution < 1.29 is 9.59 Å². The fourth-order valence-electron chi connectivity index (χ4n) is 5.61. The molecule has 1 aromatic carbocycles. The van der Waals surface area contributed by atoms with Crippen molar-refractivity contribution in [3.05, 3.63) is 57.8 Å². The van der Waals surface area contributed by atoms with E-state index in [1.165, 1.54) is 22.5 Å². The molecule has 1 unspecified atom stereocenters. The number of rotatable bonds is 8. The Morgan fingerprint density at radius 2 is 1.83 bits per heavy atom. The first kappa shape index (κ1) is 26.8. The van der Waals surface area contributed by atoms with Gasteiger partial charge in [0, 0.05) is 37.8 Å². The monoisotopic (exact) mass is 510 g/mol. The maximum absolute atomic E-state index is 13.7. The zero-order chi connectivity index (χ0) is 25.7. The van der Waals surface area contributed by atoms with Gasteiger partial charge in [-0.15, -0.1) is 11.3 Å². The van der Waals surface area contributed by atoms with Crippen LogP contribution in [0, 0.1) is 12.8 Å². The van der Waals surface area contributed by atoms with E-state index in [2.05, 4.69) is 55.3 Å². The van der Waals surface area contributed by atoms with Crippen LogP contribution in [0.2, 0.25) is 0 Å². The topological polar surface area (TPSA) is 78.7 Å². The van der Waals surface area contributed by atoms with E-state index >= 15 is 0 Å². The van der Waals surface area contributed by atoms with Crippen LogP contribution in [-0.4, -0.2) is 58.9 Å². The molecule has 0 radical (unpaired) electrons. The van der Waals surface area contributed by atoms with E-state index in [0.29, 0.717) is 23.8 Å². The third-order valence-corrected chi connectivity index (χ3v) is 8.47. The number of benzene rings is 1. The number of nitrogens with one attached hydrogen (secondary N) is 1. The third kappa shape index (κ3) is 6.96. The highest BCUT2D eigenvalue weighted by Gasteiger charge is 2.39. The van der Waals surface area contributed by atoms with Gasteiger partial charge in [-0.05, 0) is 68.4 Å². The summed E-state index contributed by atoms with van der Waals surface area (Å²) in [7, 11) is 0. The molecule has 2 aliphatic rings. The molecule has 2 amide bonds. The predicted molar refractivity (Wildman–Crippen MR) is 147 cm³/mol. The Labute approximate surface area is 220 Å². The van der Waals surface area contributed by atoms with Gasteiger partial charge < -0.3 is 16.0 Å². The first-order chi connectivity index (χ1) is 17.3. The van der Waals surface area contributed by atoms with Crippen LogP contribution in [0.25, 0.3) is 0 Å². The van der Waals surface area contributed by atoms with Crippen molar-refractivity contribution in [2.45, 2.75) is 90.0 Å². The van der Waals surface area contributed by atoms with E-state index in [1.807, 2.05) is 22.4 Å². The number of carbonyl (C=O) groups is 2. The molecule has 1 saturated carbocycles. The van der Waals surface area contributed by atoms with E-state index in [1.54, 1.807) is 0 Å². The van der Waals surface area contributed by atoms with Crippen LogP contribution in [0.5, 0.6) is 0 Å². The Hall–Kier alpha value is -2.22. The van der Waals surface area contributed by atoms with Crippen molar-refractivity contribution in [1.82, 2.24) is 15.1 Å². The average molecular weight is 511 g/mol. The number of carbonyl (C=O) groups excluding carboxylic acids is 2. The molecule has 1 aliphatic carbocycles. The van der Waals surface area contributed by atoms with Gasteiger partial charge in [0.1, 0.15) is 6.04 Å². The Morgan fingerprint density at radius 1 is 1.11 bits per heavy atom. The second-order valence-electron chi connectivity index (χ2n) is 11.1. The molecular weight excluding hydrogens is 468 g/mol.